The highest BCUT2D eigenvalue weighted by molar-refractivity contribution is 7.47. The highest BCUT2D eigenvalue weighted by Gasteiger charge is 2.51. The van der Waals surface area contributed by atoms with Crippen molar-refractivity contribution in [2.45, 2.75) is 216 Å². The highest BCUT2D eigenvalue weighted by atomic mass is 31.2. The van der Waals surface area contributed by atoms with Crippen LogP contribution < -0.4 is 5.32 Å². The van der Waals surface area contributed by atoms with Crippen LogP contribution >= 0.6 is 7.82 Å². The molecule has 1 aliphatic carbocycles. The summed E-state index contributed by atoms with van der Waals surface area (Å²) in [7, 11) is -5.15. The highest BCUT2D eigenvalue weighted by Crippen LogP contribution is 2.47. The number of allylic oxidation sites excluding steroid dienone is 7. The molecule has 8 atom stereocenters. The molecule has 8 unspecified atom stereocenters. The molecule has 1 saturated carbocycles. The fourth-order valence-corrected chi connectivity index (χ4v) is 7.77. The van der Waals surface area contributed by atoms with Crippen molar-refractivity contribution in [1.29, 1.82) is 0 Å². The summed E-state index contributed by atoms with van der Waals surface area (Å²) in [4.78, 5) is 23.3. The predicted molar refractivity (Wildman–Crippen MR) is 229 cm³/mol. The van der Waals surface area contributed by atoms with E-state index in [9.17, 15) is 50.0 Å². The van der Waals surface area contributed by atoms with Crippen molar-refractivity contribution in [1.82, 2.24) is 5.32 Å². The third kappa shape index (κ3) is 25.8. The summed E-state index contributed by atoms with van der Waals surface area (Å²) in [6.45, 7) is 3.46. The maximum atomic E-state index is 12.9. The van der Waals surface area contributed by atoms with Crippen LogP contribution in [0.25, 0.3) is 0 Å². The molecular formula is C44H80NO12P. The number of carbonyl (C=O) groups is 1. The number of phosphoric ester groups is 1. The van der Waals surface area contributed by atoms with Gasteiger partial charge in [0, 0.05) is 0 Å². The molecule has 0 bridgehead atoms. The zero-order chi connectivity index (χ0) is 43.0. The Kier molecular flexibility index (Phi) is 31.7. The normalized spacial score (nSPS) is 24.2. The Morgan fingerprint density at radius 2 is 1.09 bits per heavy atom. The molecule has 58 heavy (non-hydrogen) atoms. The van der Waals surface area contributed by atoms with Gasteiger partial charge in [-0.25, -0.2) is 4.57 Å². The van der Waals surface area contributed by atoms with Gasteiger partial charge in [0.25, 0.3) is 0 Å². The van der Waals surface area contributed by atoms with Crippen LogP contribution in [0.1, 0.15) is 162 Å². The Bertz CT molecular complexity index is 1180. The Hall–Kier alpha value is -1.74. The maximum absolute atomic E-state index is 12.9. The zero-order valence-electron chi connectivity index (χ0n) is 35.4. The first-order chi connectivity index (χ1) is 27.8. The number of aliphatic hydroxyl groups is 7. The van der Waals surface area contributed by atoms with Crippen molar-refractivity contribution in [3.63, 3.8) is 0 Å². The third-order valence-electron chi connectivity index (χ3n) is 10.5. The second-order valence-electron chi connectivity index (χ2n) is 15.7. The molecule has 1 fully saturated rings. The number of rotatable bonds is 35. The number of amides is 1. The first-order valence-corrected chi connectivity index (χ1v) is 23.6. The topological polar surface area (TPSA) is 226 Å². The van der Waals surface area contributed by atoms with Gasteiger partial charge in [0.05, 0.1) is 31.3 Å². The van der Waals surface area contributed by atoms with Gasteiger partial charge < -0.3 is 46.0 Å². The lowest BCUT2D eigenvalue weighted by Gasteiger charge is -2.41. The summed E-state index contributed by atoms with van der Waals surface area (Å²) < 4.78 is 22.7. The minimum atomic E-state index is -5.15. The molecular weight excluding hydrogens is 765 g/mol. The van der Waals surface area contributed by atoms with E-state index in [1.54, 1.807) is 6.08 Å². The van der Waals surface area contributed by atoms with E-state index in [-0.39, 0.29) is 6.42 Å². The third-order valence-corrected chi connectivity index (χ3v) is 11.4. The van der Waals surface area contributed by atoms with Gasteiger partial charge in [-0.1, -0.05) is 139 Å². The number of hydrogen-bond acceptors (Lipinski definition) is 11. The number of aliphatic hydroxyl groups excluding tert-OH is 7. The molecule has 0 heterocycles. The van der Waals surface area contributed by atoms with Gasteiger partial charge in [-0.15, -0.1) is 0 Å². The molecule has 0 aromatic heterocycles. The summed E-state index contributed by atoms with van der Waals surface area (Å²) in [6.07, 6.45) is 25.4. The maximum Gasteiger partial charge on any atom is 0.472 e. The van der Waals surface area contributed by atoms with E-state index in [0.717, 1.165) is 57.8 Å². The zero-order valence-corrected chi connectivity index (χ0v) is 36.3. The number of unbranched alkanes of at least 4 members (excludes halogenated alkanes) is 17. The monoisotopic (exact) mass is 846 g/mol. The lowest BCUT2D eigenvalue weighted by molar-refractivity contribution is -0.220. The first kappa shape index (κ1) is 54.3. The summed E-state index contributed by atoms with van der Waals surface area (Å²) in [5, 5.41) is 74.1. The van der Waals surface area contributed by atoms with Crippen LogP contribution in [-0.2, 0) is 18.4 Å². The molecule has 0 aliphatic heterocycles. The van der Waals surface area contributed by atoms with E-state index in [2.05, 4.69) is 36.5 Å². The summed E-state index contributed by atoms with van der Waals surface area (Å²) in [5.41, 5.74) is 0. The smallest absolute Gasteiger partial charge is 0.393 e. The molecule has 1 amide bonds. The summed E-state index contributed by atoms with van der Waals surface area (Å²) in [5.74, 6) is -0.616. The minimum absolute atomic E-state index is 0.263. The molecule has 9 N–H and O–H groups in total. The Labute approximate surface area is 349 Å². The average molecular weight is 846 g/mol. The van der Waals surface area contributed by atoms with Crippen molar-refractivity contribution in [2.24, 2.45) is 0 Å². The predicted octanol–water partition coefficient (Wildman–Crippen LogP) is 6.75. The van der Waals surface area contributed by atoms with Gasteiger partial charge in [-0.2, -0.15) is 0 Å². The summed E-state index contributed by atoms with van der Waals surface area (Å²) >= 11 is 0. The fourth-order valence-electron chi connectivity index (χ4n) is 6.80. The van der Waals surface area contributed by atoms with Gasteiger partial charge in [0.2, 0.25) is 5.91 Å². The lowest BCUT2D eigenvalue weighted by Crippen LogP contribution is -2.64. The van der Waals surface area contributed by atoms with Gasteiger partial charge >= 0.3 is 7.82 Å². The SMILES string of the molecule is C/C=C/CC/C=C/CC/C=C/C(O)C(COP(=O)(O)OC1C(O)C(O)C(O)C(O)C1O)NC(=O)CC(O)CCCCCCC/C=C\CCCCCCCCCCCC. The molecule has 0 saturated heterocycles. The van der Waals surface area contributed by atoms with E-state index >= 15 is 0 Å². The van der Waals surface area contributed by atoms with Gasteiger partial charge in [0.15, 0.2) is 0 Å². The van der Waals surface area contributed by atoms with Gasteiger partial charge in [0.1, 0.15) is 36.6 Å². The lowest BCUT2D eigenvalue weighted by atomic mass is 9.85. The molecule has 13 nitrogen and oxygen atoms in total. The summed E-state index contributed by atoms with van der Waals surface area (Å²) in [6, 6.07) is -1.26. The van der Waals surface area contributed by atoms with Crippen molar-refractivity contribution in [2.75, 3.05) is 6.61 Å². The molecule has 0 radical (unpaired) electrons. The number of phosphoric acid groups is 1. The molecule has 1 rings (SSSR count). The van der Waals surface area contributed by atoms with Crippen LogP contribution in [0, 0.1) is 0 Å². The van der Waals surface area contributed by atoms with Crippen LogP contribution in [0.15, 0.2) is 48.6 Å². The van der Waals surface area contributed by atoms with Crippen molar-refractivity contribution >= 4 is 13.7 Å². The Balaban J connectivity index is 2.49. The van der Waals surface area contributed by atoms with Crippen LogP contribution in [0.2, 0.25) is 0 Å². The quantitative estimate of drug-likeness (QED) is 0.0184. The molecule has 14 heteroatoms. The van der Waals surface area contributed by atoms with E-state index in [4.69, 9.17) is 9.05 Å². The van der Waals surface area contributed by atoms with Gasteiger partial charge in [-0.05, 0) is 64.7 Å². The first-order valence-electron chi connectivity index (χ1n) is 22.1. The minimum Gasteiger partial charge on any atom is -0.393 e. The average Bonchev–Trinajstić information content (AvgIpc) is 3.19. The molecule has 0 spiro atoms. The van der Waals surface area contributed by atoms with Crippen LogP contribution in [-0.4, -0.2) is 108 Å². The second-order valence-corrected chi connectivity index (χ2v) is 17.1. The van der Waals surface area contributed by atoms with E-state index < -0.39 is 75.2 Å². The number of hydrogen-bond donors (Lipinski definition) is 9. The standard InChI is InChI=1S/C44H80NO12P/c1-3-5-7-9-11-13-14-15-16-17-18-19-20-21-22-24-25-27-29-31-35(46)33-38(48)45-36(37(47)32-30-28-26-23-12-10-8-6-4-2)34-56-58(54,55)57-44-42(52)40(50)39(49)41(51)43(44)53/h4,6,12,19-20,23,30,32,35-37,39-44,46-47,49-53H,3,5,7-11,13-18,21-22,24-29,31,33-34H2,1-2H3,(H,45,48)(H,54,55)/b6-4+,20-19-,23-12+,32-30+. The number of nitrogens with one attached hydrogen (secondary N) is 1. The van der Waals surface area contributed by atoms with Crippen LogP contribution in [0.3, 0.4) is 0 Å². The van der Waals surface area contributed by atoms with E-state index in [1.165, 1.54) is 70.3 Å². The van der Waals surface area contributed by atoms with Crippen LogP contribution in [0.5, 0.6) is 0 Å². The van der Waals surface area contributed by atoms with Crippen molar-refractivity contribution in [3.05, 3.63) is 48.6 Å². The van der Waals surface area contributed by atoms with Crippen LogP contribution in [0.4, 0.5) is 0 Å². The van der Waals surface area contributed by atoms with E-state index in [0.29, 0.717) is 19.3 Å². The molecule has 0 aromatic rings. The molecule has 1 aliphatic rings. The van der Waals surface area contributed by atoms with Crippen molar-refractivity contribution in [3.8, 4) is 0 Å². The largest absolute Gasteiger partial charge is 0.472 e. The second kappa shape index (κ2) is 33.9. The Morgan fingerprint density at radius 1 is 0.638 bits per heavy atom. The van der Waals surface area contributed by atoms with Gasteiger partial charge in [-0.3, -0.25) is 13.8 Å². The molecule has 338 valence electrons. The molecule has 0 aromatic carbocycles. The van der Waals surface area contributed by atoms with E-state index in [1.807, 2.05) is 19.1 Å². The fraction of sp³-hybridized carbons (Fsp3) is 0.795. The number of carbonyl (C=O) groups excluding carboxylic acids is 1. The Morgan fingerprint density at radius 3 is 1.62 bits per heavy atom. The van der Waals surface area contributed by atoms with Crippen molar-refractivity contribution < 1.29 is 59.0 Å².